The van der Waals surface area contributed by atoms with Crippen LogP contribution in [0, 0.1) is 11.0 Å². The van der Waals surface area contributed by atoms with Crippen molar-refractivity contribution in [1.82, 2.24) is 0 Å². The Morgan fingerprint density at radius 3 is 2.79 bits per heavy atom. The van der Waals surface area contributed by atoms with Crippen molar-refractivity contribution in [3.05, 3.63) is 58.1 Å². The Morgan fingerprint density at radius 2 is 2.16 bits per heavy atom. The minimum Gasteiger partial charge on any atom is -0.618 e. The summed E-state index contributed by atoms with van der Waals surface area (Å²) in [5, 5.41) is 12.0. The van der Waals surface area contributed by atoms with Gasteiger partial charge in [-0.15, -0.1) is 0 Å². The highest BCUT2D eigenvalue weighted by Crippen LogP contribution is 2.23. The van der Waals surface area contributed by atoms with E-state index in [2.05, 4.69) is 4.74 Å². The molecule has 2 rings (SSSR count). The molecule has 0 amide bonds. The second-order valence-corrected chi connectivity index (χ2v) is 4.18. The lowest BCUT2D eigenvalue weighted by molar-refractivity contribution is -0.593. The van der Waals surface area contributed by atoms with Crippen molar-refractivity contribution < 1.29 is 18.7 Å². The molecule has 1 aromatic carbocycles. The number of benzene rings is 1. The zero-order chi connectivity index (χ0) is 14.0. The van der Waals surface area contributed by atoms with Crippen molar-refractivity contribution in [1.29, 1.82) is 0 Å². The van der Waals surface area contributed by atoms with Crippen molar-refractivity contribution in [3.8, 4) is 11.3 Å². The van der Waals surface area contributed by atoms with Gasteiger partial charge in [0.15, 0.2) is 6.20 Å². The first-order valence-electron chi connectivity index (χ1n) is 5.30. The van der Waals surface area contributed by atoms with Gasteiger partial charge in [-0.2, -0.15) is 4.73 Å². The summed E-state index contributed by atoms with van der Waals surface area (Å²) in [5.74, 6) is -1.23. The van der Waals surface area contributed by atoms with Gasteiger partial charge in [-0.1, -0.05) is 17.7 Å². The molecule has 19 heavy (non-hydrogen) atoms. The summed E-state index contributed by atoms with van der Waals surface area (Å²) < 4.78 is 18.2. The fourth-order valence-corrected chi connectivity index (χ4v) is 1.92. The highest BCUT2D eigenvalue weighted by atomic mass is 35.5. The molecule has 0 N–H and O–H groups in total. The first kappa shape index (κ1) is 13.3. The molecule has 0 fully saturated rings. The molecule has 0 saturated carbocycles. The third-order valence-corrected chi connectivity index (χ3v) is 2.71. The van der Waals surface area contributed by atoms with Gasteiger partial charge in [0.05, 0.1) is 12.7 Å². The molecule has 0 radical (unpaired) electrons. The maximum atomic E-state index is 13.2. The summed E-state index contributed by atoms with van der Waals surface area (Å²) in [4.78, 5) is 11.7. The molecule has 0 aliphatic carbocycles. The van der Waals surface area contributed by atoms with Crippen LogP contribution in [0.1, 0.15) is 10.4 Å². The van der Waals surface area contributed by atoms with Crippen LogP contribution in [-0.4, -0.2) is 13.1 Å². The average Bonchev–Trinajstić information content (AvgIpc) is 2.36. The molecular weight excluding hydrogens is 273 g/mol. The molecule has 0 atom stereocenters. The number of carbonyl (C=O) groups is 1. The lowest BCUT2D eigenvalue weighted by atomic mass is 10.1. The summed E-state index contributed by atoms with van der Waals surface area (Å²) in [6.07, 6.45) is 1.09. The number of aromatic nitrogens is 1. The molecule has 0 aliphatic rings. The van der Waals surface area contributed by atoms with Crippen LogP contribution in [0.15, 0.2) is 36.5 Å². The Hall–Kier alpha value is -2.14. The van der Waals surface area contributed by atoms with Gasteiger partial charge in [-0.3, -0.25) is 0 Å². The third-order valence-electron chi connectivity index (χ3n) is 2.50. The number of hydrogen-bond acceptors (Lipinski definition) is 3. The zero-order valence-electron chi connectivity index (χ0n) is 9.89. The predicted octanol–water partition coefficient (Wildman–Crippen LogP) is 2.57. The molecule has 98 valence electrons. The van der Waals surface area contributed by atoms with Crippen LogP contribution in [0.25, 0.3) is 11.3 Å². The minimum atomic E-state index is -0.716. The Labute approximate surface area is 113 Å². The van der Waals surface area contributed by atoms with Gasteiger partial charge in [0, 0.05) is 0 Å². The molecule has 0 spiro atoms. The van der Waals surface area contributed by atoms with Crippen LogP contribution in [0.4, 0.5) is 4.39 Å². The number of pyridine rings is 1. The Morgan fingerprint density at radius 1 is 1.42 bits per heavy atom. The molecule has 0 unspecified atom stereocenters. The summed E-state index contributed by atoms with van der Waals surface area (Å²) in [5.41, 5.74) is 0.249. The Kier molecular flexibility index (Phi) is 3.66. The molecule has 0 bridgehead atoms. The Bertz CT molecular complexity index is 646. The van der Waals surface area contributed by atoms with Crippen LogP contribution in [-0.2, 0) is 4.74 Å². The first-order valence-corrected chi connectivity index (χ1v) is 5.67. The topological polar surface area (TPSA) is 53.2 Å². The van der Waals surface area contributed by atoms with E-state index in [9.17, 15) is 14.4 Å². The van der Waals surface area contributed by atoms with Crippen LogP contribution >= 0.6 is 11.6 Å². The van der Waals surface area contributed by atoms with Crippen molar-refractivity contribution in [2.75, 3.05) is 7.11 Å². The first-order chi connectivity index (χ1) is 9.02. The van der Waals surface area contributed by atoms with Gasteiger partial charge in [0.25, 0.3) is 0 Å². The second kappa shape index (κ2) is 5.24. The zero-order valence-corrected chi connectivity index (χ0v) is 10.6. The van der Waals surface area contributed by atoms with Crippen molar-refractivity contribution >= 4 is 17.6 Å². The fourth-order valence-electron chi connectivity index (χ4n) is 1.72. The smallest absolute Gasteiger partial charge is 0.344 e. The molecule has 4 nitrogen and oxygen atoms in total. The number of methoxy groups -OCH3 is 1. The number of esters is 1. The molecule has 1 heterocycles. The van der Waals surface area contributed by atoms with E-state index in [1.54, 1.807) is 0 Å². The van der Waals surface area contributed by atoms with Crippen molar-refractivity contribution in [3.63, 3.8) is 0 Å². The van der Waals surface area contributed by atoms with Crippen molar-refractivity contribution in [2.24, 2.45) is 0 Å². The molecule has 2 aromatic rings. The fraction of sp³-hybridized carbons (Fsp3) is 0.0769. The summed E-state index contributed by atoms with van der Waals surface area (Å²) in [6, 6.07) is 6.67. The van der Waals surface area contributed by atoms with E-state index in [1.165, 1.54) is 31.4 Å². The quantitative estimate of drug-likeness (QED) is 0.483. The number of hydrogen-bond donors (Lipinski definition) is 0. The largest absolute Gasteiger partial charge is 0.618 e. The number of halogens is 2. The van der Waals surface area contributed by atoms with E-state index in [1.807, 2.05) is 0 Å². The summed E-state index contributed by atoms with van der Waals surface area (Å²) >= 11 is 5.74. The van der Waals surface area contributed by atoms with E-state index in [-0.39, 0.29) is 21.8 Å². The van der Waals surface area contributed by atoms with Crippen molar-refractivity contribution in [2.45, 2.75) is 0 Å². The second-order valence-electron chi connectivity index (χ2n) is 3.75. The standard InChI is InChI=1S/C13H9ClFNO3/c1-19-13(17)11-6-9(14)7-16(18)12(11)8-3-2-4-10(15)5-8/h2-7H,1H3. The van der Waals surface area contributed by atoms with Gasteiger partial charge in [-0.25, -0.2) is 9.18 Å². The van der Waals surface area contributed by atoms with Gasteiger partial charge in [-0.05, 0) is 24.3 Å². The molecule has 1 aromatic heterocycles. The van der Waals surface area contributed by atoms with E-state index in [4.69, 9.17) is 11.6 Å². The minimum absolute atomic E-state index is 0.00394. The van der Waals surface area contributed by atoms with Crippen LogP contribution in [0.5, 0.6) is 0 Å². The summed E-state index contributed by atoms with van der Waals surface area (Å²) in [6.45, 7) is 0. The normalized spacial score (nSPS) is 10.3. The van der Waals surface area contributed by atoms with E-state index in [0.717, 1.165) is 12.3 Å². The highest BCUT2D eigenvalue weighted by molar-refractivity contribution is 6.30. The maximum Gasteiger partial charge on any atom is 0.344 e. The van der Waals surface area contributed by atoms with E-state index < -0.39 is 11.8 Å². The monoisotopic (exact) mass is 281 g/mol. The summed E-state index contributed by atoms with van der Waals surface area (Å²) in [7, 11) is 1.19. The van der Waals surface area contributed by atoms with Crippen LogP contribution in [0.3, 0.4) is 0 Å². The SMILES string of the molecule is COC(=O)c1cc(Cl)c[n+]([O-])c1-c1cccc(F)c1. The number of ether oxygens (including phenoxy) is 1. The van der Waals surface area contributed by atoms with Gasteiger partial charge in [0.1, 0.15) is 16.4 Å². The predicted molar refractivity (Wildman–Crippen MR) is 67.1 cm³/mol. The van der Waals surface area contributed by atoms with Crippen LogP contribution in [0.2, 0.25) is 5.02 Å². The van der Waals surface area contributed by atoms with Gasteiger partial charge >= 0.3 is 5.97 Å². The lowest BCUT2D eigenvalue weighted by Crippen LogP contribution is -2.31. The lowest BCUT2D eigenvalue weighted by Gasteiger charge is -2.09. The highest BCUT2D eigenvalue weighted by Gasteiger charge is 2.23. The molecule has 0 aliphatic heterocycles. The van der Waals surface area contributed by atoms with E-state index in [0.29, 0.717) is 4.73 Å². The average molecular weight is 282 g/mol. The molecule has 6 heteroatoms. The Balaban J connectivity index is 2.71. The van der Waals surface area contributed by atoms with Gasteiger partial charge in [0.2, 0.25) is 5.69 Å². The number of nitrogens with zero attached hydrogens (tertiary/aromatic N) is 1. The maximum absolute atomic E-state index is 13.2. The van der Waals surface area contributed by atoms with E-state index >= 15 is 0 Å². The number of carbonyl (C=O) groups excluding carboxylic acids is 1. The molecular formula is C13H9ClFNO3. The third kappa shape index (κ3) is 2.66. The van der Waals surface area contributed by atoms with Crippen LogP contribution < -0.4 is 4.73 Å². The number of rotatable bonds is 2. The molecule has 0 saturated heterocycles. The van der Waals surface area contributed by atoms with Gasteiger partial charge < -0.3 is 9.94 Å².